The first-order valence-corrected chi connectivity index (χ1v) is 7.66. The second-order valence-electron chi connectivity index (χ2n) is 5.87. The fourth-order valence-corrected chi connectivity index (χ4v) is 2.57. The Kier molecular flexibility index (Phi) is 5.82. The van der Waals surface area contributed by atoms with E-state index < -0.39 is 18.5 Å². The molecular weight excluding hydrogens is 323 g/mol. The molecule has 0 atom stereocenters. The molecule has 1 aliphatic rings. The van der Waals surface area contributed by atoms with Gasteiger partial charge in [-0.3, -0.25) is 14.5 Å². The molecule has 0 unspecified atom stereocenters. The van der Waals surface area contributed by atoms with E-state index in [9.17, 15) is 22.8 Å². The van der Waals surface area contributed by atoms with E-state index in [1.807, 2.05) is 30.0 Å². The van der Waals surface area contributed by atoms with Crippen LogP contribution in [0.5, 0.6) is 0 Å². The molecule has 0 spiro atoms. The Morgan fingerprint density at radius 3 is 2.42 bits per heavy atom. The third-order valence-electron chi connectivity index (χ3n) is 3.75. The molecule has 5 nitrogen and oxygen atoms in total. The minimum atomic E-state index is -4.48. The van der Waals surface area contributed by atoms with E-state index in [1.54, 1.807) is 6.07 Å². The van der Waals surface area contributed by atoms with Gasteiger partial charge in [-0.1, -0.05) is 12.1 Å². The van der Waals surface area contributed by atoms with Crippen LogP contribution in [0, 0.1) is 6.92 Å². The molecule has 132 valence electrons. The van der Waals surface area contributed by atoms with Crippen LogP contribution in [0.25, 0.3) is 0 Å². The second-order valence-corrected chi connectivity index (χ2v) is 5.87. The molecule has 24 heavy (non-hydrogen) atoms. The fourth-order valence-electron chi connectivity index (χ4n) is 2.57. The molecule has 0 bridgehead atoms. The van der Waals surface area contributed by atoms with Crippen molar-refractivity contribution >= 4 is 17.5 Å². The van der Waals surface area contributed by atoms with E-state index in [1.165, 1.54) is 4.90 Å². The fraction of sp³-hybridized carbons (Fsp3) is 0.500. The molecule has 1 fully saturated rings. The van der Waals surface area contributed by atoms with Gasteiger partial charge < -0.3 is 10.2 Å². The zero-order chi connectivity index (χ0) is 17.7. The summed E-state index contributed by atoms with van der Waals surface area (Å²) < 4.78 is 36.7. The lowest BCUT2D eigenvalue weighted by atomic mass is 10.2. The summed E-state index contributed by atoms with van der Waals surface area (Å²) in [5.41, 5.74) is 1.74. The summed E-state index contributed by atoms with van der Waals surface area (Å²) in [4.78, 5) is 26.6. The lowest BCUT2D eigenvalue weighted by Gasteiger charge is -2.34. The van der Waals surface area contributed by atoms with Crippen molar-refractivity contribution in [1.82, 2.24) is 9.80 Å². The van der Waals surface area contributed by atoms with Crippen molar-refractivity contribution in [1.29, 1.82) is 0 Å². The van der Waals surface area contributed by atoms with Crippen molar-refractivity contribution in [2.24, 2.45) is 0 Å². The van der Waals surface area contributed by atoms with Crippen LogP contribution in [0.2, 0.25) is 0 Å². The summed E-state index contributed by atoms with van der Waals surface area (Å²) >= 11 is 0. The highest BCUT2D eigenvalue weighted by Gasteiger charge is 2.34. The number of aryl methyl sites for hydroxylation is 1. The van der Waals surface area contributed by atoms with Crippen LogP contribution in [0.3, 0.4) is 0 Å². The van der Waals surface area contributed by atoms with Gasteiger partial charge in [0.2, 0.25) is 11.8 Å². The molecule has 0 aromatic heterocycles. The van der Waals surface area contributed by atoms with Gasteiger partial charge in [0.05, 0.1) is 6.54 Å². The standard InChI is InChI=1S/C16H20F3N3O2/c1-12-3-2-4-13(9-12)20-14(23)11-21-5-7-22(8-6-21)15(24)10-16(17,18)19/h2-4,9H,5-8,10-11H2,1H3,(H,20,23). The maximum Gasteiger partial charge on any atom is 0.397 e. The van der Waals surface area contributed by atoms with Crippen LogP contribution in [-0.2, 0) is 9.59 Å². The van der Waals surface area contributed by atoms with E-state index in [4.69, 9.17) is 0 Å². The van der Waals surface area contributed by atoms with E-state index in [0.29, 0.717) is 18.8 Å². The molecule has 1 aliphatic heterocycles. The maximum atomic E-state index is 12.2. The molecule has 1 aromatic rings. The molecule has 0 saturated carbocycles. The molecular formula is C16H20F3N3O2. The van der Waals surface area contributed by atoms with Crippen LogP contribution in [0.15, 0.2) is 24.3 Å². The van der Waals surface area contributed by atoms with Crippen LogP contribution in [0.1, 0.15) is 12.0 Å². The number of hydrogen-bond acceptors (Lipinski definition) is 3. The minimum absolute atomic E-state index is 0.148. The highest BCUT2D eigenvalue weighted by molar-refractivity contribution is 5.92. The molecule has 1 aromatic carbocycles. The van der Waals surface area contributed by atoms with Gasteiger partial charge >= 0.3 is 6.18 Å². The molecule has 1 saturated heterocycles. The first kappa shape index (κ1) is 18.3. The lowest BCUT2D eigenvalue weighted by Crippen LogP contribution is -2.51. The Bertz CT molecular complexity index is 596. The first-order chi connectivity index (χ1) is 11.2. The van der Waals surface area contributed by atoms with Gasteiger partial charge in [0.15, 0.2) is 0 Å². The van der Waals surface area contributed by atoms with Crippen molar-refractivity contribution in [3.05, 3.63) is 29.8 Å². The van der Waals surface area contributed by atoms with Crippen LogP contribution < -0.4 is 5.32 Å². The van der Waals surface area contributed by atoms with Gasteiger partial charge in [-0.05, 0) is 24.6 Å². The summed E-state index contributed by atoms with van der Waals surface area (Å²) in [6.45, 7) is 3.23. The van der Waals surface area contributed by atoms with E-state index in [2.05, 4.69) is 5.32 Å². The smallest absolute Gasteiger partial charge is 0.340 e. The molecule has 1 N–H and O–H groups in total. The van der Waals surface area contributed by atoms with E-state index in [-0.39, 0.29) is 25.5 Å². The van der Waals surface area contributed by atoms with E-state index in [0.717, 1.165) is 5.56 Å². The summed E-state index contributed by atoms with van der Waals surface area (Å²) in [6, 6.07) is 7.41. The number of alkyl halides is 3. The summed E-state index contributed by atoms with van der Waals surface area (Å²) in [5, 5.41) is 2.79. The van der Waals surface area contributed by atoms with Crippen LogP contribution in [0.4, 0.5) is 18.9 Å². The van der Waals surface area contributed by atoms with Crippen LogP contribution >= 0.6 is 0 Å². The monoisotopic (exact) mass is 343 g/mol. The third kappa shape index (κ3) is 5.84. The normalized spacial score (nSPS) is 16.1. The Hall–Kier alpha value is -2.09. The molecule has 2 amide bonds. The number of piperazine rings is 1. The predicted octanol–water partition coefficient (Wildman–Crippen LogP) is 2.03. The number of nitrogens with zero attached hydrogens (tertiary/aromatic N) is 2. The number of amides is 2. The molecule has 0 radical (unpaired) electrons. The summed E-state index contributed by atoms with van der Waals surface area (Å²) in [7, 11) is 0. The number of benzene rings is 1. The van der Waals surface area contributed by atoms with Gasteiger partial charge in [-0.15, -0.1) is 0 Å². The number of nitrogens with one attached hydrogen (secondary N) is 1. The average Bonchev–Trinajstić information content (AvgIpc) is 2.46. The quantitative estimate of drug-likeness (QED) is 0.910. The molecule has 2 rings (SSSR count). The number of carbonyl (C=O) groups is 2. The SMILES string of the molecule is Cc1cccc(NC(=O)CN2CCN(C(=O)CC(F)(F)F)CC2)c1. The van der Waals surface area contributed by atoms with Crippen molar-refractivity contribution in [2.45, 2.75) is 19.5 Å². The Labute approximate surface area is 138 Å². The highest BCUT2D eigenvalue weighted by atomic mass is 19.4. The van der Waals surface area contributed by atoms with Crippen LogP contribution in [-0.4, -0.2) is 60.5 Å². The molecule has 8 heteroatoms. The van der Waals surface area contributed by atoms with Gasteiger partial charge in [0.25, 0.3) is 0 Å². The minimum Gasteiger partial charge on any atom is -0.340 e. The van der Waals surface area contributed by atoms with Crippen molar-refractivity contribution < 1.29 is 22.8 Å². The zero-order valence-corrected chi connectivity index (χ0v) is 13.4. The number of hydrogen-bond donors (Lipinski definition) is 1. The highest BCUT2D eigenvalue weighted by Crippen LogP contribution is 2.21. The van der Waals surface area contributed by atoms with Gasteiger partial charge in [-0.25, -0.2) is 0 Å². The Morgan fingerprint density at radius 1 is 1.17 bits per heavy atom. The van der Waals surface area contributed by atoms with Crippen molar-refractivity contribution in [3.8, 4) is 0 Å². The Balaban J connectivity index is 1.76. The van der Waals surface area contributed by atoms with Gasteiger partial charge in [-0.2, -0.15) is 13.2 Å². The first-order valence-electron chi connectivity index (χ1n) is 7.66. The number of carbonyl (C=O) groups excluding carboxylic acids is 2. The zero-order valence-electron chi connectivity index (χ0n) is 13.4. The van der Waals surface area contributed by atoms with Gasteiger partial charge in [0, 0.05) is 31.9 Å². The summed E-state index contributed by atoms with van der Waals surface area (Å²) in [6.07, 6.45) is -5.91. The number of halogens is 3. The van der Waals surface area contributed by atoms with Crippen molar-refractivity contribution in [2.75, 3.05) is 38.0 Å². The van der Waals surface area contributed by atoms with Crippen molar-refractivity contribution in [3.63, 3.8) is 0 Å². The Morgan fingerprint density at radius 2 is 1.83 bits per heavy atom. The second kappa shape index (κ2) is 7.65. The lowest BCUT2D eigenvalue weighted by molar-refractivity contribution is -0.162. The molecule has 0 aliphatic carbocycles. The maximum absolute atomic E-state index is 12.2. The average molecular weight is 343 g/mol. The largest absolute Gasteiger partial charge is 0.397 e. The number of anilines is 1. The molecule has 1 heterocycles. The van der Waals surface area contributed by atoms with Gasteiger partial charge in [0.1, 0.15) is 6.42 Å². The predicted molar refractivity (Wildman–Crippen MR) is 83.5 cm³/mol. The topological polar surface area (TPSA) is 52.7 Å². The van der Waals surface area contributed by atoms with E-state index >= 15 is 0 Å². The number of rotatable bonds is 4. The summed E-state index contributed by atoms with van der Waals surface area (Å²) in [5.74, 6) is -1.10. The third-order valence-corrected chi connectivity index (χ3v) is 3.75.